The third-order valence-corrected chi connectivity index (χ3v) is 4.89. The van der Waals surface area contributed by atoms with Crippen LogP contribution in [-0.4, -0.2) is 60.4 Å². The Labute approximate surface area is 141 Å². The first-order valence-electron chi connectivity index (χ1n) is 8.69. The molecule has 2 amide bonds. The number of halogens is 1. The van der Waals surface area contributed by atoms with E-state index in [1.807, 2.05) is 4.90 Å². The first kappa shape index (κ1) is 16.9. The quantitative estimate of drug-likeness (QED) is 0.911. The number of carbonyl (C=O) groups excluding carboxylic acids is 2. The summed E-state index contributed by atoms with van der Waals surface area (Å²) >= 11 is 0. The van der Waals surface area contributed by atoms with Gasteiger partial charge < -0.3 is 10.2 Å². The first-order valence-corrected chi connectivity index (χ1v) is 8.69. The molecule has 0 saturated carbocycles. The zero-order chi connectivity index (χ0) is 16.9. The van der Waals surface area contributed by atoms with Crippen molar-refractivity contribution in [2.45, 2.75) is 31.7 Å². The minimum Gasteiger partial charge on any atom is -0.352 e. The molecule has 6 heteroatoms. The van der Waals surface area contributed by atoms with Crippen LogP contribution in [0.4, 0.5) is 4.39 Å². The molecule has 2 heterocycles. The fraction of sp³-hybridized carbons (Fsp3) is 0.556. The second-order valence-corrected chi connectivity index (χ2v) is 6.54. The first-order chi connectivity index (χ1) is 11.6. The van der Waals surface area contributed by atoms with Crippen LogP contribution in [0, 0.1) is 5.82 Å². The van der Waals surface area contributed by atoms with E-state index in [4.69, 9.17) is 0 Å². The fourth-order valence-electron chi connectivity index (χ4n) is 3.58. The van der Waals surface area contributed by atoms with Gasteiger partial charge in [-0.05, 0) is 50.1 Å². The average Bonchev–Trinajstić information content (AvgIpc) is 2.92. The van der Waals surface area contributed by atoms with Crippen molar-refractivity contribution in [2.75, 3.05) is 32.7 Å². The predicted molar refractivity (Wildman–Crippen MR) is 89.1 cm³/mol. The summed E-state index contributed by atoms with van der Waals surface area (Å²) in [5.74, 6) is -0.548. The van der Waals surface area contributed by atoms with Crippen LogP contribution < -0.4 is 5.32 Å². The summed E-state index contributed by atoms with van der Waals surface area (Å²) in [6, 6.07) is 5.89. The summed E-state index contributed by atoms with van der Waals surface area (Å²) in [5, 5.41) is 2.73. The number of nitrogens with zero attached hydrogens (tertiary/aromatic N) is 2. The lowest BCUT2D eigenvalue weighted by atomic mass is 10.2. The third kappa shape index (κ3) is 4.12. The summed E-state index contributed by atoms with van der Waals surface area (Å²) in [6.07, 6.45) is 3.72. The highest BCUT2D eigenvalue weighted by Gasteiger charge is 2.30. The standard InChI is InChI=1S/C18H24FN3O2/c19-15-6-4-14(5-7-15)18(24)20-9-8-17(23)22-12-2-11-21-10-1-3-16(21)13-22/h4-7,16H,1-3,8-13H2,(H,20,24)/t16-/m1/s1. The van der Waals surface area contributed by atoms with Crippen LogP contribution in [0.25, 0.3) is 0 Å². The maximum absolute atomic E-state index is 12.9. The van der Waals surface area contributed by atoms with Crippen molar-refractivity contribution in [2.24, 2.45) is 0 Å². The largest absolute Gasteiger partial charge is 0.352 e. The highest BCUT2D eigenvalue weighted by atomic mass is 19.1. The Bertz CT molecular complexity index is 590. The van der Waals surface area contributed by atoms with Gasteiger partial charge in [0.2, 0.25) is 5.91 Å². The van der Waals surface area contributed by atoms with Crippen LogP contribution in [0.2, 0.25) is 0 Å². The van der Waals surface area contributed by atoms with Gasteiger partial charge in [0.15, 0.2) is 0 Å². The van der Waals surface area contributed by atoms with Gasteiger partial charge in [0.25, 0.3) is 5.91 Å². The van der Waals surface area contributed by atoms with Crippen molar-refractivity contribution in [1.29, 1.82) is 0 Å². The van der Waals surface area contributed by atoms with E-state index in [0.29, 0.717) is 24.6 Å². The van der Waals surface area contributed by atoms with Gasteiger partial charge in [0.05, 0.1) is 0 Å². The van der Waals surface area contributed by atoms with E-state index < -0.39 is 0 Å². The third-order valence-electron chi connectivity index (χ3n) is 4.89. The number of amides is 2. The Morgan fingerprint density at radius 2 is 1.88 bits per heavy atom. The van der Waals surface area contributed by atoms with Crippen LogP contribution >= 0.6 is 0 Å². The highest BCUT2D eigenvalue weighted by molar-refractivity contribution is 5.94. The summed E-state index contributed by atoms with van der Waals surface area (Å²) in [4.78, 5) is 28.8. The smallest absolute Gasteiger partial charge is 0.251 e. The minimum absolute atomic E-state index is 0.100. The molecule has 2 aliphatic rings. The summed E-state index contributed by atoms with van der Waals surface area (Å²) in [7, 11) is 0. The van der Waals surface area contributed by atoms with Crippen molar-refractivity contribution < 1.29 is 14.0 Å². The zero-order valence-electron chi connectivity index (χ0n) is 13.8. The van der Waals surface area contributed by atoms with Gasteiger partial charge >= 0.3 is 0 Å². The topological polar surface area (TPSA) is 52.7 Å². The maximum Gasteiger partial charge on any atom is 0.251 e. The van der Waals surface area contributed by atoms with Gasteiger partial charge in [-0.15, -0.1) is 0 Å². The molecule has 3 rings (SSSR count). The molecule has 2 saturated heterocycles. The molecule has 0 unspecified atom stereocenters. The second kappa shape index (κ2) is 7.75. The molecular formula is C18H24FN3O2. The average molecular weight is 333 g/mol. The highest BCUT2D eigenvalue weighted by Crippen LogP contribution is 2.21. The van der Waals surface area contributed by atoms with E-state index in [1.54, 1.807) is 0 Å². The number of benzene rings is 1. The number of hydrogen-bond acceptors (Lipinski definition) is 3. The van der Waals surface area contributed by atoms with Crippen LogP contribution in [0.5, 0.6) is 0 Å². The Kier molecular flexibility index (Phi) is 5.45. The van der Waals surface area contributed by atoms with Gasteiger partial charge in [-0.3, -0.25) is 14.5 Å². The molecule has 1 aromatic rings. The number of fused-ring (bicyclic) bond motifs is 1. The lowest BCUT2D eigenvalue weighted by Gasteiger charge is -2.25. The van der Waals surface area contributed by atoms with Gasteiger partial charge in [-0.1, -0.05) is 0 Å². The molecule has 1 aromatic carbocycles. The molecule has 130 valence electrons. The van der Waals surface area contributed by atoms with Crippen LogP contribution in [0.15, 0.2) is 24.3 Å². The Balaban J connectivity index is 1.45. The van der Waals surface area contributed by atoms with Crippen molar-refractivity contribution >= 4 is 11.8 Å². The van der Waals surface area contributed by atoms with E-state index in [2.05, 4.69) is 10.2 Å². The second-order valence-electron chi connectivity index (χ2n) is 6.54. The maximum atomic E-state index is 12.9. The van der Waals surface area contributed by atoms with Gasteiger partial charge in [0, 0.05) is 44.2 Å². The monoisotopic (exact) mass is 333 g/mol. The number of carbonyl (C=O) groups is 2. The molecule has 0 aromatic heterocycles. The number of rotatable bonds is 4. The summed E-state index contributed by atoms with van der Waals surface area (Å²) in [5.41, 5.74) is 0.403. The van der Waals surface area contributed by atoms with Crippen LogP contribution in [0.3, 0.4) is 0 Å². The molecule has 5 nitrogen and oxygen atoms in total. The lowest BCUT2D eigenvalue weighted by Crippen LogP contribution is -2.40. The van der Waals surface area contributed by atoms with E-state index >= 15 is 0 Å². The minimum atomic E-state index is -0.371. The lowest BCUT2D eigenvalue weighted by molar-refractivity contribution is -0.131. The molecule has 1 N–H and O–H groups in total. The van der Waals surface area contributed by atoms with Crippen molar-refractivity contribution in [3.8, 4) is 0 Å². The van der Waals surface area contributed by atoms with E-state index in [0.717, 1.165) is 32.6 Å². The molecule has 0 aliphatic carbocycles. The van der Waals surface area contributed by atoms with Crippen molar-refractivity contribution in [3.63, 3.8) is 0 Å². The van der Waals surface area contributed by atoms with Crippen LogP contribution in [0.1, 0.15) is 36.0 Å². The molecule has 2 fully saturated rings. The Morgan fingerprint density at radius 1 is 1.12 bits per heavy atom. The SMILES string of the molecule is O=C(NCCC(=O)N1CCCN2CCC[C@@H]2C1)c1ccc(F)cc1. The number of nitrogens with one attached hydrogen (secondary N) is 1. The molecular weight excluding hydrogens is 309 g/mol. The summed E-state index contributed by atoms with van der Waals surface area (Å²) in [6.45, 7) is 4.15. The molecule has 1 atom stereocenters. The van der Waals surface area contributed by atoms with Gasteiger partial charge in [-0.2, -0.15) is 0 Å². The molecule has 24 heavy (non-hydrogen) atoms. The molecule has 0 spiro atoms. The van der Waals surface area contributed by atoms with Crippen molar-refractivity contribution in [1.82, 2.24) is 15.1 Å². The predicted octanol–water partition coefficient (Wildman–Crippen LogP) is 1.64. The van der Waals surface area contributed by atoms with E-state index in [-0.39, 0.29) is 17.6 Å². The summed E-state index contributed by atoms with van der Waals surface area (Å²) < 4.78 is 12.9. The zero-order valence-corrected chi connectivity index (χ0v) is 13.8. The Hall–Kier alpha value is -1.95. The fourth-order valence-corrected chi connectivity index (χ4v) is 3.58. The molecule has 0 radical (unpaired) electrons. The molecule has 0 bridgehead atoms. The Morgan fingerprint density at radius 3 is 2.67 bits per heavy atom. The normalized spacial score (nSPS) is 21.2. The van der Waals surface area contributed by atoms with Gasteiger partial charge in [-0.25, -0.2) is 4.39 Å². The van der Waals surface area contributed by atoms with Crippen LogP contribution in [-0.2, 0) is 4.79 Å². The molecule has 2 aliphatic heterocycles. The van der Waals surface area contributed by atoms with Gasteiger partial charge in [0.1, 0.15) is 5.82 Å². The van der Waals surface area contributed by atoms with E-state index in [9.17, 15) is 14.0 Å². The van der Waals surface area contributed by atoms with Crippen molar-refractivity contribution in [3.05, 3.63) is 35.6 Å². The van der Waals surface area contributed by atoms with E-state index in [1.165, 1.54) is 37.1 Å². The number of hydrogen-bond donors (Lipinski definition) is 1.